The molecule has 2 aliphatic rings. The molecule has 0 spiro atoms. The van der Waals surface area contributed by atoms with Crippen molar-refractivity contribution in [1.82, 2.24) is 9.80 Å². The van der Waals surface area contributed by atoms with Gasteiger partial charge in [-0.3, -0.25) is 9.69 Å². The number of carbonyl (C=O) groups is 2. The molecule has 0 radical (unpaired) electrons. The Hall–Kier alpha value is -4.03. The van der Waals surface area contributed by atoms with Crippen molar-refractivity contribution in [3.05, 3.63) is 77.2 Å². The van der Waals surface area contributed by atoms with E-state index >= 15 is 0 Å². The molecule has 0 unspecified atom stereocenters. The average molecular weight is 498 g/mol. The van der Waals surface area contributed by atoms with E-state index in [1.165, 1.54) is 29.2 Å². The third kappa shape index (κ3) is 5.23. The van der Waals surface area contributed by atoms with Crippen molar-refractivity contribution >= 4 is 23.6 Å². The molecule has 2 aromatic rings. The molecule has 0 atom stereocenters. The first-order valence-electron chi connectivity index (χ1n) is 10.1. The molecule has 35 heavy (non-hydrogen) atoms. The summed E-state index contributed by atoms with van der Waals surface area (Å²) in [6, 6.07) is 7.68. The van der Waals surface area contributed by atoms with Crippen LogP contribution in [0.25, 0.3) is 0 Å². The molecule has 13 heteroatoms. The Bertz CT molecular complexity index is 1220. The van der Waals surface area contributed by atoms with Gasteiger partial charge in [0.05, 0.1) is 11.1 Å². The Morgan fingerprint density at radius 3 is 2.46 bits per heavy atom. The number of benzene rings is 2. The van der Waals surface area contributed by atoms with Gasteiger partial charge in [0, 0.05) is 25.3 Å². The number of anilines is 1. The second kappa shape index (κ2) is 8.96. The lowest BCUT2D eigenvalue weighted by Gasteiger charge is -2.23. The quantitative estimate of drug-likeness (QED) is 0.614. The van der Waals surface area contributed by atoms with E-state index < -0.39 is 35.4 Å². The molecule has 0 saturated heterocycles. The number of nitrogens with zero attached hydrogens (tertiary/aromatic N) is 3. The van der Waals surface area contributed by atoms with E-state index in [2.05, 4.69) is 10.3 Å². The van der Waals surface area contributed by atoms with Gasteiger partial charge >= 0.3 is 24.4 Å². The molecule has 1 N–H and O–H groups in total. The summed E-state index contributed by atoms with van der Waals surface area (Å²) in [7, 11) is 0. The number of carbonyl (C=O) groups excluding carboxylic acids is 2. The number of aliphatic imine (C=N–C) groups is 1. The molecule has 0 aliphatic carbocycles. The fourth-order valence-electron chi connectivity index (χ4n) is 3.54. The number of urea groups is 1. The van der Waals surface area contributed by atoms with Crippen LogP contribution in [0, 0.1) is 0 Å². The second-order valence-electron chi connectivity index (χ2n) is 7.56. The van der Waals surface area contributed by atoms with Crippen LogP contribution in [0.4, 0.5) is 36.8 Å². The van der Waals surface area contributed by atoms with Crippen LogP contribution in [-0.4, -0.2) is 40.8 Å². The summed E-state index contributed by atoms with van der Waals surface area (Å²) in [5, 5.41) is 2.33. The van der Waals surface area contributed by atoms with E-state index in [-0.39, 0.29) is 42.6 Å². The number of fused-ring (bicyclic) bond motifs is 1. The van der Waals surface area contributed by atoms with Crippen LogP contribution in [0.3, 0.4) is 0 Å². The predicted molar refractivity (Wildman–Crippen MR) is 111 cm³/mol. The van der Waals surface area contributed by atoms with Gasteiger partial charge < -0.3 is 15.0 Å². The molecule has 2 aliphatic heterocycles. The summed E-state index contributed by atoms with van der Waals surface area (Å²) in [5.41, 5.74) is -2.22. The topological polar surface area (TPSA) is 74.2 Å². The normalized spacial score (nSPS) is 16.2. The maximum Gasteiger partial charge on any atom is 0.416 e. The Morgan fingerprint density at radius 1 is 1.00 bits per heavy atom. The van der Waals surface area contributed by atoms with Crippen molar-refractivity contribution < 1.29 is 40.7 Å². The summed E-state index contributed by atoms with van der Waals surface area (Å²) in [5.74, 6) is -0.821. The zero-order valence-electron chi connectivity index (χ0n) is 17.7. The summed E-state index contributed by atoms with van der Waals surface area (Å²) < 4.78 is 83.9. The highest BCUT2D eigenvalue weighted by Gasteiger charge is 2.37. The third-order valence-corrected chi connectivity index (χ3v) is 5.22. The van der Waals surface area contributed by atoms with Gasteiger partial charge in [0.1, 0.15) is 12.0 Å². The molecule has 2 heterocycles. The molecule has 4 rings (SSSR count). The van der Waals surface area contributed by atoms with Crippen LogP contribution >= 0.6 is 0 Å². The van der Waals surface area contributed by atoms with Crippen molar-refractivity contribution in [3.63, 3.8) is 0 Å². The highest BCUT2D eigenvalue weighted by Crippen LogP contribution is 2.33. The van der Waals surface area contributed by atoms with Gasteiger partial charge in [-0.2, -0.15) is 26.3 Å². The van der Waals surface area contributed by atoms with E-state index in [1.54, 1.807) is 0 Å². The minimum absolute atomic E-state index is 0.0550. The van der Waals surface area contributed by atoms with Crippen LogP contribution in [-0.2, 0) is 28.4 Å². The van der Waals surface area contributed by atoms with Gasteiger partial charge in [-0.15, -0.1) is 4.99 Å². The SMILES string of the molecule is O=C(Nc1cccc(C(F)(F)F)c1)C1=COC2=NC(=O)N(Cc3ccccc3C(F)(F)F)CCN12. The first-order valence-corrected chi connectivity index (χ1v) is 10.1. The minimum Gasteiger partial charge on any atom is -0.431 e. The second-order valence-corrected chi connectivity index (χ2v) is 7.56. The monoisotopic (exact) mass is 498 g/mol. The number of nitrogens with one attached hydrogen (secondary N) is 1. The molecule has 2 aromatic carbocycles. The van der Waals surface area contributed by atoms with Crippen molar-refractivity contribution in [2.75, 3.05) is 18.4 Å². The molecule has 0 saturated carbocycles. The van der Waals surface area contributed by atoms with E-state index in [0.29, 0.717) is 0 Å². The Morgan fingerprint density at radius 2 is 1.74 bits per heavy atom. The molecule has 3 amide bonds. The van der Waals surface area contributed by atoms with Gasteiger partial charge in [-0.1, -0.05) is 24.3 Å². The summed E-state index contributed by atoms with van der Waals surface area (Å²) in [6.45, 7) is -0.537. The van der Waals surface area contributed by atoms with E-state index in [0.717, 1.165) is 35.4 Å². The first kappa shape index (κ1) is 24.1. The Labute approximate surface area is 194 Å². The van der Waals surface area contributed by atoms with Crippen LogP contribution in [0.15, 0.2) is 65.5 Å². The fourth-order valence-corrected chi connectivity index (χ4v) is 3.54. The van der Waals surface area contributed by atoms with Gasteiger partial charge in [-0.25, -0.2) is 4.79 Å². The number of hydrogen-bond acceptors (Lipinski definition) is 4. The lowest BCUT2D eigenvalue weighted by molar-refractivity contribution is -0.138. The first-order chi connectivity index (χ1) is 16.4. The highest BCUT2D eigenvalue weighted by atomic mass is 19.4. The third-order valence-electron chi connectivity index (χ3n) is 5.22. The molecular weight excluding hydrogens is 482 g/mol. The van der Waals surface area contributed by atoms with Gasteiger partial charge in [0.15, 0.2) is 0 Å². The van der Waals surface area contributed by atoms with Crippen LogP contribution in [0.2, 0.25) is 0 Å². The Balaban J connectivity index is 1.48. The zero-order valence-corrected chi connectivity index (χ0v) is 17.7. The summed E-state index contributed by atoms with van der Waals surface area (Å²) in [6.07, 6.45) is -8.22. The molecular formula is C22H16F6N4O3. The smallest absolute Gasteiger partial charge is 0.416 e. The number of halogens is 6. The van der Waals surface area contributed by atoms with E-state index in [9.17, 15) is 35.9 Å². The van der Waals surface area contributed by atoms with Crippen molar-refractivity contribution in [2.45, 2.75) is 18.9 Å². The molecule has 0 fully saturated rings. The lowest BCUT2D eigenvalue weighted by atomic mass is 10.1. The number of alkyl halides is 6. The van der Waals surface area contributed by atoms with Crippen LogP contribution in [0.1, 0.15) is 16.7 Å². The van der Waals surface area contributed by atoms with Gasteiger partial charge in [0.25, 0.3) is 5.91 Å². The molecule has 0 aromatic heterocycles. The largest absolute Gasteiger partial charge is 0.431 e. The number of hydrogen-bond donors (Lipinski definition) is 1. The summed E-state index contributed by atoms with van der Waals surface area (Å²) in [4.78, 5) is 31.3. The maximum absolute atomic E-state index is 13.3. The fraction of sp³-hybridized carbons (Fsp3) is 0.227. The van der Waals surface area contributed by atoms with E-state index in [4.69, 9.17) is 4.74 Å². The van der Waals surface area contributed by atoms with Crippen molar-refractivity contribution in [1.29, 1.82) is 0 Å². The van der Waals surface area contributed by atoms with Crippen molar-refractivity contribution in [3.8, 4) is 0 Å². The number of ether oxygens (including phenoxy) is 1. The Kier molecular flexibility index (Phi) is 6.17. The average Bonchev–Trinajstić information content (AvgIpc) is 3.11. The van der Waals surface area contributed by atoms with Gasteiger partial charge in [0.2, 0.25) is 0 Å². The lowest BCUT2D eigenvalue weighted by Crippen LogP contribution is -2.36. The zero-order chi connectivity index (χ0) is 25.4. The number of amides is 3. The summed E-state index contributed by atoms with van der Waals surface area (Å²) >= 11 is 0. The predicted octanol–water partition coefficient (Wildman–Crippen LogP) is 4.83. The number of rotatable bonds is 4. The van der Waals surface area contributed by atoms with Gasteiger partial charge in [-0.05, 0) is 29.8 Å². The van der Waals surface area contributed by atoms with Crippen LogP contribution < -0.4 is 5.32 Å². The van der Waals surface area contributed by atoms with Crippen LogP contribution in [0.5, 0.6) is 0 Å². The number of amidine groups is 1. The minimum atomic E-state index is -4.61. The van der Waals surface area contributed by atoms with Crippen molar-refractivity contribution in [2.24, 2.45) is 4.99 Å². The molecule has 184 valence electrons. The maximum atomic E-state index is 13.3. The van der Waals surface area contributed by atoms with E-state index in [1.807, 2.05) is 0 Å². The molecule has 0 bridgehead atoms. The standard InChI is InChI=1S/C22H16F6N4O3/c23-21(24,25)14-5-3-6-15(10-14)29-18(33)17-12-35-20-30-19(34)31(8-9-32(17)20)11-13-4-1-2-7-16(13)22(26,27)28/h1-7,10,12H,8-9,11H2,(H,29,33). The molecule has 7 nitrogen and oxygen atoms in total. The highest BCUT2D eigenvalue weighted by molar-refractivity contribution is 6.08.